The Morgan fingerprint density at radius 1 is 1.23 bits per heavy atom. The van der Waals surface area contributed by atoms with Crippen molar-refractivity contribution in [1.82, 2.24) is 19.7 Å². The highest BCUT2D eigenvalue weighted by Gasteiger charge is 2.25. The molecule has 0 bridgehead atoms. The van der Waals surface area contributed by atoms with E-state index in [-0.39, 0.29) is 17.4 Å². The number of benzene rings is 1. The summed E-state index contributed by atoms with van der Waals surface area (Å²) in [6.07, 6.45) is 4.86. The molecule has 1 aliphatic rings. The number of carbonyl (C=O) groups excluding carboxylic acids is 1. The first-order chi connectivity index (χ1) is 14.5. The van der Waals surface area contributed by atoms with E-state index in [9.17, 15) is 13.6 Å². The lowest BCUT2D eigenvalue weighted by molar-refractivity contribution is 0.100. The van der Waals surface area contributed by atoms with Gasteiger partial charge in [0.1, 0.15) is 11.4 Å². The number of nitrogens with one attached hydrogen (secondary N) is 1. The van der Waals surface area contributed by atoms with Crippen molar-refractivity contribution >= 4 is 17.4 Å². The van der Waals surface area contributed by atoms with Gasteiger partial charge >= 0.3 is 0 Å². The van der Waals surface area contributed by atoms with Crippen molar-refractivity contribution in [2.24, 2.45) is 5.73 Å². The Hall–Kier alpha value is -3.33. The molecule has 1 amide bonds. The summed E-state index contributed by atoms with van der Waals surface area (Å²) < 4.78 is 28.8. The van der Waals surface area contributed by atoms with E-state index in [1.165, 1.54) is 18.3 Å². The highest BCUT2D eigenvalue weighted by atomic mass is 19.1. The molecule has 1 fully saturated rings. The van der Waals surface area contributed by atoms with Crippen LogP contribution in [0, 0.1) is 11.8 Å². The second kappa shape index (κ2) is 8.58. The average molecular weight is 412 g/mol. The molecule has 1 atom stereocenters. The first-order valence-electron chi connectivity index (χ1n) is 9.73. The minimum absolute atomic E-state index is 0.0142. The van der Waals surface area contributed by atoms with Gasteiger partial charge in [-0.2, -0.15) is 9.49 Å². The van der Waals surface area contributed by atoms with Crippen LogP contribution < -0.4 is 11.1 Å². The number of carbonyl (C=O) groups is 1. The predicted molar refractivity (Wildman–Crippen MR) is 108 cm³/mol. The highest BCUT2D eigenvalue weighted by Crippen LogP contribution is 2.26. The van der Waals surface area contributed by atoms with Gasteiger partial charge in [-0.05, 0) is 49.7 Å². The Balaban J connectivity index is 1.52. The zero-order valence-electron chi connectivity index (χ0n) is 16.3. The molecular weight excluding hydrogens is 390 g/mol. The number of likely N-dealkylation sites (tertiary alicyclic amines) is 1. The van der Waals surface area contributed by atoms with Crippen LogP contribution in [0.3, 0.4) is 0 Å². The molecular formula is C21H22F2N6O. The van der Waals surface area contributed by atoms with E-state index < -0.39 is 11.9 Å². The number of hydrogen-bond acceptors (Lipinski definition) is 5. The zero-order chi connectivity index (χ0) is 21.1. The summed E-state index contributed by atoms with van der Waals surface area (Å²) >= 11 is 0. The van der Waals surface area contributed by atoms with Gasteiger partial charge in [0, 0.05) is 36.7 Å². The van der Waals surface area contributed by atoms with Gasteiger partial charge in [-0.25, -0.2) is 9.37 Å². The van der Waals surface area contributed by atoms with E-state index in [2.05, 4.69) is 20.3 Å². The third-order valence-corrected chi connectivity index (χ3v) is 5.19. The van der Waals surface area contributed by atoms with Crippen LogP contribution in [0.2, 0.25) is 0 Å². The van der Waals surface area contributed by atoms with Crippen LogP contribution in [-0.4, -0.2) is 38.7 Å². The summed E-state index contributed by atoms with van der Waals surface area (Å²) in [6, 6.07) is 9.23. The quantitative estimate of drug-likeness (QED) is 0.607. The molecule has 0 saturated carbocycles. The molecule has 2 aromatic heterocycles. The number of amides is 1. The molecule has 0 radical (unpaired) electrons. The Morgan fingerprint density at radius 3 is 2.77 bits per heavy atom. The highest BCUT2D eigenvalue weighted by molar-refractivity contribution is 5.98. The van der Waals surface area contributed by atoms with Crippen LogP contribution in [0.25, 0.3) is 0 Å². The van der Waals surface area contributed by atoms with Crippen molar-refractivity contribution < 1.29 is 13.6 Å². The lowest BCUT2D eigenvalue weighted by atomic mass is 10.1. The molecule has 156 valence electrons. The molecule has 9 heteroatoms. The van der Waals surface area contributed by atoms with Crippen LogP contribution in [0.4, 0.5) is 20.3 Å². The number of anilines is 2. The predicted octanol–water partition coefficient (Wildman–Crippen LogP) is 3.24. The Morgan fingerprint density at radius 2 is 2.03 bits per heavy atom. The first kappa shape index (κ1) is 20.0. The monoisotopic (exact) mass is 412 g/mol. The number of piperidine rings is 1. The molecule has 1 aromatic carbocycles. The van der Waals surface area contributed by atoms with Gasteiger partial charge in [0.05, 0.1) is 6.04 Å². The summed E-state index contributed by atoms with van der Waals surface area (Å²) in [4.78, 5) is 17.8. The average Bonchev–Trinajstić information content (AvgIpc) is 3.16. The van der Waals surface area contributed by atoms with Crippen LogP contribution in [0.15, 0.2) is 48.8 Å². The number of pyridine rings is 1. The maximum absolute atomic E-state index is 13.9. The standard InChI is InChI=1S/C21H22F2N6O/c22-15-5-7-16(8-6-15)26-21-18(20(24)30)13-29(27-21)17-4-2-10-28(12-17)11-14-3-1-9-25-19(14)23/h1,3,5-9,13,17H,2,4,10-12H2,(H2,24,30)(H,26,27)/t17-/m0/s1. The largest absolute Gasteiger partial charge is 0.365 e. The fourth-order valence-corrected chi connectivity index (χ4v) is 3.69. The molecule has 3 heterocycles. The van der Waals surface area contributed by atoms with Crippen LogP contribution in [0.5, 0.6) is 0 Å². The van der Waals surface area contributed by atoms with Crippen molar-refractivity contribution in [3.8, 4) is 0 Å². The third kappa shape index (κ3) is 4.46. The zero-order valence-corrected chi connectivity index (χ0v) is 16.3. The van der Waals surface area contributed by atoms with Crippen LogP contribution in [0.1, 0.15) is 34.8 Å². The van der Waals surface area contributed by atoms with E-state index in [4.69, 9.17) is 5.73 Å². The lowest BCUT2D eigenvalue weighted by Gasteiger charge is -2.32. The molecule has 0 spiro atoms. The van der Waals surface area contributed by atoms with E-state index in [0.717, 1.165) is 19.4 Å². The molecule has 30 heavy (non-hydrogen) atoms. The summed E-state index contributed by atoms with van der Waals surface area (Å²) in [6.45, 7) is 1.96. The number of hydrogen-bond donors (Lipinski definition) is 2. The molecule has 3 aromatic rings. The van der Waals surface area contributed by atoms with Gasteiger partial charge in [-0.1, -0.05) is 6.07 Å². The second-order valence-electron chi connectivity index (χ2n) is 7.35. The minimum atomic E-state index is -0.601. The number of rotatable bonds is 6. The number of nitrogens with zero attached hydrogens (tertiary/aromatic N) is 4. The van der Waals surface area contributed by atoms with Gasteiger partial charge in [0.2, 0.25) is 5.95 Å². The fraction of sp³-hybridized carbons (Fsp3) is 0.286. The summed E-state index contributed by atoms with van der Waals surface area (Å²) in [5, 5.41) is 7.56. The number of halogens is 2. The second-order valence-corrected chi connectivity index (χ2v) is 7.35. The maximum Gasteiger partial charge on any atom is 0.254 e. The van der Waals surface area contributed by atoms with E-state index in [1.54, 1.807) is 35.1 Å². The van der Waals surface area contributed by atoms with Crippen molar-refractivity contribution in [1.29, 1.82) is 0 Å². The Bertz CT molecular complexity index is 1040. The molecule has 1 saturated heterocycles. The SMILES string of the molecule is NC(=O)c1cn([C@H]2CCCN(Cc3cccnc3F)C2)nc1Nc1ccc(F)cc1. The van der Waals surface area contributed by atoms with Crippen LogP contribution >= 0.6 is 0 Å². The molecule has 3 N–H and O–H groups in total. The van der Waals surface area contributed by atoms with E-state index in [0.29, 0.717) is 30.2 Å². The first-order valence-corrected chi connectivity index (χ1v) is 9.73. The van der Waals surface area contributed by atoms with Crippen molar-refractivity contribution in [3.63, 3.8) is 0 Å². The topological polar surface area (TPSA) is 89.1 Å². The van der Waals surface area contributed by atoms with Crippen molar-refractivity contribution in [2.75, 3.05) is 18.4 Å². The Labute approximate surface area is 172 Å². The van der Waals surface area contributed by atoms with Gasteiger partial charge in [0.25, 0.3) is 5.91 Å². The van der Waals surface area contributed by atoms with Gasteiger partial charge in [0.15, 0.2) is 5.82 Å². The van der Waals surface area contributed by atoms with Crippen molar-refractivity contribution in [2.45, 2.75) is 25.4 Å². The van der Waals surface area contributed by atoms with Crippen molar-refractivity contribution in [3.05, 3.63) is 71.7 Å². The summed E-state index contributed by atoms with van der Waals surface area (Å²) in [5.74, 6) is -1.09. The summed E-state index contributed by atoms with van der Waals surface area (Å²) in [7, 11) is 0. The van der Waals surface area contributed by atoms with E-state index >= 15 is 0 Å². The fourth-order valence-electron chi connectivity index (χ4n) is 3.69. The molecule has 0 unspecified atom stereocenters. The summed E-state index contributed by atoms with van der Waals surface area (Å²) in [5.41, 5.74) is 6.94. The molecule has 4 rings (SSSR count). The lowest BCUT2D eigenvalue weighted by Crippen LogP contribution is -2.36. The third-order valence-electron chi connectivity index (χ3n) is 5.19. The molecule has 1 aliphatic heterocycles. The Kier molecular flexibility index (Phi) is 5.71. The minimum Gasteiger partial charge on any atom is -0.365 e. The smallest absolute Gasteiger partial charge is 0.254 e. The number of aromatic nitrogens is 3. The normalized spacial score (nSPS) is 17.1. The number of nitrogens with two attached hydrogens (primary N) is 1. The molecule has 0 aliphatic carbocycles. The van der Waals surface area contributed by atoms with Crippen LogP contribution in [-0.2, 0) is 6.54 Å². The van der Waals surface area contributed by atoms with Gasteiger partial charge in [-0.15, -0.1) is 0 Å². The number of primary amides is 1. The maximum atomic E-state index is 13.9. The van der Waals surface area contributed by atoms with Gasteiger partial charge < -0.3 is 11.1 Å². The molecule has 7 nitrogen and oxygen atoms in total. The van der Waals surface area contributed by atoms with E-state index in [1.807, 2.05) is 0 Å². The van der Waals surface area contributed by atoms with Gasteiger partial charge in [-0.3, -0.25) is 14.4 Å².